The average Bonchev–Trinajstić information content (AvgIpc) is 3.50. The monoisotopic (exact) mass is 630 g/mol. The van der Waals surface area contributed by atoms with Crippen LogP contribution in [0.15, 0.2) is 67.3 Å². The van der Waals surface area contributed by atoms with Crippen LogP contribution in [0.1, 0.15) is 29.3 Å². The lowest BCUT2D eigenvalue weighted by Crippen LogP contribution is -2.35. The third-order valence-electron chi connectivity index (χ3n) is 7.01. The first kappa shape index (κ1) is 31.8. The Hall–Kier alpha value is -5.63. The first-order chi connectivity index (χ1) is 22.3. The molecule has 2 amide bonds. The van der Waals surface area contributed by atoms with Gasteiger partial charge in [-0.25, -0.2) is 19.3 Å². The molecule has 0 aliphatic rings. The van der Waals surface area contributed by atoms with Gasteiger partial charge in [-0.3, -0.25) is 14.0 Å². The van der Waals surface area contributed by atoms with Crippen LogP contribution in [0.4, 0.5) is 20.3 Å². The normalized spacial score (nSPS) is 10.9. The molecule has 0 saturated carbocycles. The predicted octanol–water partition coefficient (Wildman–Crippen LogP) is 4.37. The van der Waals surface area contributed by atoms with E-state index in [9.17, 15) is 9.59 Å². The quantitative estimate of drug-likeness (QED) is 0.139. The number of benzene rings is 2. The molecule has 0 saturated heterocycles. The van der Waals surface area contributed by atoms with Crippen LogP contribution in [0.5, 0.6) is 17.4 Å². The summed E-state index contributed by atoms with van der Waals surface area (Å²) in [7, 11) is 1.49. The molecule has 3 aromatic heterocycles. The Labute approximate surface area is 263 Å². The zero-order valence-electron chi connectivity index (χ0n) is 25.1. The summed E-state index contributed by atoms with van der Waals surface area (Å²) in [6, 6.07) is 11.1. The second-order valence-corrected chi connectivity index (χ2v) is 9.99. The van der Waals surface area contributed by atoms with E-state index >= 15 is 8.78 Å². The van der Waals surface area contributed by atoms with Crippen LogP contribution in [0.2, 0.25) is 0 Å². The SMILES string of the molecule is CCc1cc(Nc2nccn3c(-c4ccc(Oc5ccc(OC)cn5)c(F)c4F)cnc23)ccc1C(=O)NCCNC(=O)CCN. The van der Waals surface area contributed by atoms with E-state index in [1.807, 2.05) is 13.0 Å². The van der Waals surface area contributed by atoms with Gasteiger partial charge in [0.05, 0.1) is 25.2 Å². The Morgan fingerprint density at radius 2 is 1.80 bits per heavy atom. The van der Waals surface area contributed by atoms with E-state index in [0.29, 0.717) is 47.1 Å². The number of fused-ring (bicyclic) bond motifs is 1. The minimum absolute atomic E-state index is 0.0280. The number of aryl methyl sites for hydroxylation is 1. The van der Waals surface area contributed by atoms with Crippen molar-refractivity contribution in [1.29, 1.82) is 0 Å². The summed E-state index contributed by atoms with van der Waals surface area (Å²) >= 11 is 0. The van der Waals surface area contributed by atoms with Crippen LogP contribution >= 0.6 is 0 Å². The Kier molecular flexibility index (Phi) is 9.97. The van der Waals surface area contributed by atoms with Gasteiger partial charge in [-0.1, -0.05) is 6.92 Å². The molecule has 238 valence electrons. The van der Waals surface area contributed by atoms with E-state index in [1.54, 1.807) is 28.8 Å². The van der Waals surface area contributed by atoms with Gasteiger partial charge >= 0.3 is 0 Å². The van der Waals surface area contributed by atoms with E-state index in [1.165, 1.54) is 43.9 Å². The number of nitrogens with two attached hydrogens (primary N) is 1. The molecule has 5 rings (SSSR count). The summed E-state index contributed by atoms with van der Waals surface area (Å²) in [5.74, 6) is -2.10. The third kappa shape index (κ3) is 7.02. The number of methoxy groups -OCH3 is 1. The molecule has 3 heterocycles. The van der Waals surface area contributed by atoms with Crippen LogP contribution in [0, 0.1) is 11.6 Å². The van der Waals surface area contributed by atoms with Gasteiger partial charge < -0.3 is 31.2 Å². The fraction of sp³-hybridized carbons (Fsp3) is 0.219. The second kappa shape index (κ2) is 14.4. The number of nitrogens with zero attached hydrogens (tertiary/aromatic N) is 4. The van der Waals surface area contributed by atoms with Crippen molar-refractivity contribution in [3.05, 3.63) is 90.0 Å². The summed E-state index contributed by atoms with van der Waals surface area (Å²) in [6.45, 7) is 2.76. The van der Waals surface area contributed by atoms with E-state index < -0.39 is 11.6 Å². The minimum Gasteiger partial charge on any atom is -0.495 e. The van der Waals surface area contributed by atoms with Gasteiger partial charge in [0.15, 0.2) is 23.0 Å². The van der Waals surface area contributed by atoms with Gasteiger partial charge in [0.25, 0.3) is 5.91 Å². The van der Waals surface area contributed by atoms with Gasteiger partial charge in [0.1, 0.15) is 5.75 Å². The van der Waals surface area contributed by atoms with Crippen molar-refractivity contribution in [2.45, 2.75) is 19.8 Å². The fourth-order valence-electron chi connectivity index (χ4n) is 4.69. The molecule has 0 unspecified atom stereocenters. The van der Waals surface area contributed by atoms with Crippen molar-refractivity contribution in [2.75, 3.05) is 32.1 Å². The third-order valence-corrected chi connectivity index (χ3v) is 7.01. The molecule has 5 aromatic rings. The molecule has 2 aromatic carbocycles. The zero-order chi connectivity index (χ0) is 32.6. The molecule has 0 atom stereocenters. The van der Waals surface area contributed by atoms with Gasteiger partial charge in [-0.15, -0.1) is 0 Å². The highest BCUT2D eigenvalue weighted by Gasteiger charge is 2.20. The molecule has 0 fully saturated rings. The highest BCUT2D eigenvalue weighted by Crippen LogP contribution is 2.33. The van der Waals surface area contributed by atoms with Crippen molar-refractivity contribution >= 4 is 29.0 Å². The Morgan fingerprint density at radius 1 is 0.978 bits per heavy atom. The Morgan fingerprint density at radius 3 is 2.54 bits per heavy atom. The topological polar surface area (TPSA) is 158 Å². The lowest BCUT2D eigenvalue weighted by atomic mass is 10.0. The number of pyridine rings is 1. The molecule has 0 aliphatic heterocycles. The summed E-state index contributed by atoms with van der Waals surface area (Å²) in [5.41, 5.74) is 7.95. The molecule has 5 N–H and O–H groups in total. The molecule has 46 heavy (non-hydrogen) atoms. The number of imidazole rings is 1. The van der Waals surface area contributed by atoms with E-state index in [0.717, 1.165) is 5.56 Å². The van der Waals surface area contributed by atoms with Crippen LogP contribution in [0.25, 0.3) is 16.9 Å². The number of hydrogen-bond acceptors (Lipinski definition) is 9. The van der Waals surface area contributed by atoms with E-state index in [2.05, 4.69) is 30.9 Å². The molecular weight excluding hydrogens is 598 g/mol. The van der Waals surface area contributed by atoms with Crippen LogP contribution in [-0.4, -0.2) is 57.9 Å². The number of halogens is 2. The number of amides is 2. The maximum atomic E-state index is 15.3. The summed E-state index contributed by atoms with van der Waals surface area (Å²) in [5, 5.41) is 8.71. The number of hydrogen-bond donors (Lipinski definition) is 4. The number of carbonyl (C=O) groups excluding carboxylic acids is 2. The minimum atomic E-state index is -1.18. The molecular formula is C32H32F2N8O4. The van der Waals surface area contributed by atoms with Crippen LogP contribution in [0.3, 0.4) is 0 Å². The lowest BCUT2D eigenvalue weighted by Gasteiger charge is -2.13. The maximum absolute atomic E-state index is 15.3. The number of nitrogens with one attached hydrogen (secondary N) is 3. The predicted molar refractivity (Wildman–Crippen MR) is 167 cm³/mol. The molecule has 0 spiro atoms. The maximum Gasteiger partial charge on any atom is 0.251 e. The summed E-state index contributed by atoms with van der Waals surface area (Å²) in [4.78, 5) is 37.2. The fourth-order valence-corrected chi connectivity index (χ4v) is 4.69. The van der Waals surface area contributed by atoms with Crippen LogP contribution in [-0.2, 0) is 11.2 Å². The van der Waals surface area contributed by atoms with Gasteiger partial charge in [0, 0.05) is 61.3 Å². The highest BCUT2D eigenvalue weighted by molar-refractivity contribution is 5.96. The van der Waals surface area contributed by atoms with Gasteiger partial charge in [-0.05, 0) is 48.4 Å². The van der Waals surface area contributed by atoms with Gasteiger partial charge in [-0.2, -0.15) is 4.39 Å². The van der Waals surface area contributed by atoms with Crippen molar-refractivity contribution in [3.63, 3.8) is 0 Å². The van der Waals surface area contributed by atoms with Crippen molar-refractivity contribution in [2.24, 2.45) is 5.73 Å². The summed E-state index contributed by atoms with van der Waals surface area (Å²) in [6.07, 6.45) is 6.74. The summed E-state index contributed by atoms with van der Waals surface area (Å²) < 4.78 is 42.5. The van der Waals surface area contributed by atoms with Crippen molar-refractivity contribution in [3.8, 4) is 28.6 Å². The first-order valence-corrected chi connectivity index (χ1v) is 14.5. The Bertz CT molecular complexity index is 1860. The molecule has 0 aliphatic carbocycles. The number of carbonyl (C=O) groups is 2. The Balaban J connectivity index is 1.32. The number of anilines is 2. The average molecular weight is 631 g/mol. The highest BCUT2D eigenvalue weighted by atomic mass is 19.2. The van der Waals surface area contributed by atoms with E-state index in [-0.39, 0.29) is 48.5 Å². The number of ether oxygens (including phenoxy) is 2. The van der Waals surface area contributed by atoms with Gasteiger partial charge in [0.2, 0.25) is 17.6 Å². The van der Waals surface area contributed by atoms with Crippen LogP contribution < -0.4 is 31.2 Å². The lowest BCUT2D eigenvalue weighted by molar-refractivity contribution is -0.120. The smallest absolute Gasteiger partial charge is 0.251 e. The number of aromatic nitrogens is 4. The molecule has 14 heteroatoms. The first-order valence-electron chi connectivity index (χ1n) is 14.5. The molecule has 12 nitrogen and oxygen atoms in total. The standard InChI is InChI=1S/C32H32F2N8O4/c1-3-19-16-20(4-6-22(19)32(44)38-13-12-36-26(43)10-11-35)41-30-31-40-18-24(42(31)15-14-37-30)23-7-8-25(29(34)28(23)33)46-27-9-5-21(45-2)17-39-27/h4-9,14-18H,3,10-13,35H2,1-2H3,(H,36,43)(H,37,41)(H,38,44). The van der Waals surface area contributed by atoms with Crippen molar-refractivity contribution < 1.29 is 27.8 Å². The van der Waals surface area contributed by atoms with E-state index in [4.69, 9.17) is 15.2 Å². The second-order valence-electron chi connectivity index (χ2n) is 9.99. The number of rotatable bonds is 13. The molecule has 0 radical (unpaired) electrons. The largest absolute Gasteiger partial charge is 0.495 e. The zero-order valence-corrected chi connectivity index (χ0v) is 25.1. The van der Waals surface area contributed by atoms with Crippen molar-refractivity contribution in [1.82, 2.24) is 30.0 Å². The molecule has 0 bridgehead atoms.